The number of imide groups is 1. The SMILES string of the molecule is CCOC(=O)Cn1cc(CN2C(=O)c3ccccc3C2=O)nn1. The molecule has 1 aliphatic rings. The fraction of sp³-hybridized carbons (Fsp3) is 0.267. The highest BCUT2D eigenvalue weighted by Crippen LogP contribution is 2.23. The van der Waals surface area contributed by atoms with Gasteiger partial charge in [0.1, 0.15) is 12.2 Å². The van der Waals surface area contributed by atoms with Crippen LogP contribution in [0, 0.1) is 0 Å². The van der Waals surface area contributed by atoms with E-state index < -0.39 is 5.97 Å². The first kappa shape index (κ1) is 14.9. The van der Waals surface area contributed by atoms with Gasteiger partial charge in [-0.3, -0.25) is 19.3 Å². The first-order chi connectivity index (χ1) is 11.1. The molecule has 2 amide bonds. The monoisotopic (exact) mass is 314 g/mol. The van der Waals surface area contributed by atoms with Crippen LogP contribution in [0.4, 0.5) is 0 Å². The molecule has 0 unspecified atom stereocenters. The quantitative estimate of drug-likeness (QED) is 0.594. The molecule has 0 saturated carbocycles. The van der Waals surface area contributed by atoms with Gasteiger partial charge in [-0.2, -0.15) is 0 Å². The van der Waals surface area contributed by atoms with Crippen LogP contribution in [0.5, 0.6) is 0 Å². The van der Waals surface area contributed by atoms with Crippen molar-refractivity contribution in [1.29, 1.82) is 0 Å². The lowest BCUT2D eigenvalue weighted by Gasteiger charge is -2.11. The summed E-state index contributed by atoms with van der Waals surface area (Å²) in [4.78, 5) is 37.0. The third kappa shape index (κ3) is 2.83. The van der Waals surface area contributed by atoms with Crippen molar-refractivity contribution in [3.63, 3.8) is 0 Å². The van der Waals surface area contributed by atoms with E-state index in [0.29, 0.717) is 16.8 Å². The standard InChI is InChI=1S/C15H14N4O4/c1-2-23-13(20)9-18-7-10(16-17-18)8-19-14(21)11-5-3-4-6-12(11)15(19)22/h3-7H,2,8-9H2,1H3. The average molecular weight is 314 g/mol. The van der Waals surface area contributed by atoms with E-state index in [1.165, 1.54) is 10.9 Å². The Morgan fingerprint density at radius 1 is 1.17 bits per heavy atom. The van der Waals surface area contributed by atoms with E-state index in [1.54, 1.807) is 31.2 Å². The van der Waals surface area contributed by atoms with E-state index in [9.17, 15) is 14.4 Å². The predicted molar refractivity (Wildman–Crippen MR) is 77.3 cm³/mol. The third-order valence-electron chi connectivity index (χ3n) is 3.38. The van der Waals surface area contributed by atoms with Crippen LogP contribution in [0.3, 0.4) is 0 Å². The van der Waals surface area contributed by atoms with Crippen LogP contribution in [-0.2, 0) is 22.6 Å². The molecule has 0 aliphatic carbocycles. The summed E-state index contributed by atoms with van der Waals surface area (Å²) >= 11 is 0. The molecule has 0 radical (unpaired) electrons. The molecule has 8 heteroatoms. The summed E-state index contributed by atoms with van der Waals surface area (Å²) in [6, 6.07) is 6.66. The number of ether oxygens (including phenoxy) is 1. The minimum Gasteiger partial charge on any atom is -0.465 e. The normalized spacial score (nSPS) is 13.3. The number of benzene rings is 1. The Bertz CT molecular complexity index is 748. The van der Waals surface area contributed by atoms with E-state index in [1.807, 2.05) is 0 Å². The molecule has 1 aromatic heterocycles. The van der Waals surface area contributed by atoms with Gasteiger partial charge in [0.2, 0.25) is 0 Å². The lowest BCUT2D eigenvalue weighted by atomic mass is 10.1. The molecule has 118 valence electrons. The molecule has 2 aromatic rings. The van der Waals surface area contributed by atoms with Crippen molar-refractivity contribution in [1.82, 2.24) is 19.9 Å². The number of nitrogens with zero attached hydrogens (tertiary/aromatic N) is 4. The lowest BCUT2D eigenvalue weighted by molar-refractivity contribution is -0.144. The van der Waals surface area contributed by atoms with E-state index >= 15 is 0 Å². The smallest absolute Gasteiger partial charge is 0.327 e. The second kappa shape index (κ2) is 5.99. The topological polar surface area (TPSA) is 94.4 Å². The molecule has 3 rings (SSSR count). The maximum Gasteiger partial charge on any atom is 0.327 e. The molecule has 2 heterocycles. The van der Waals surface area contributed by atoms with Crippen molar-refractivity contribution in [3.8, 4) is 0 Å². The number of hydrogen-bond donors (Lipinski definition) is 0. The zero-order chi connectivity index (χ0) is 16.4. The lowest BCUT2D eigenvalue weighted by Crippen LogP contribution is -2.29. The molecule has 0 atom stereocenters. The van der Waals surface area contributed by atoms with Crippen molar-refractivity contribution < 1.29 is 19.1 Å². The van der Waals surface area contributed by atoms with Gasteiger partial charge in [0.25, 0.3) is 11.8 Å². The van der Waals surface area contributed by atoms with Crippen molar-refractivity contribution in [2.45, 2.75) is 20.0 Å². The number of carbonyl (C=O) groups excluding carboxylic acids is 3. The van der Waals surface area contributed by atoms with Crippen LogP contribution in [0.1, 0.15) is 33.3 Å². The maximum atomic E-state index is 12.3. The molecule has 0 saturated heterocycles. The first-order valence-corrected chi connectivity index (χ1v) is 7.10. The van der Waals surface area contributed by atoms with Crippen molar-refractivity contribution >= 4 is 17.8 Å². The minimum atomic E-state index is -0.426. The Balaban J connectivity index is 1.72. The van der Waals surface area contributed by atoms with Gasteiger partial charge in [-0.15, -0.1) is 5.10 Å². The maximum absolute atomic E-state index is 12.3. The van der Waals surface area contributed by atoms with Gasteiger partial charge in [0.15, 0.2) is 0 Å². The highest BCUT2D eigenvalue weighted by atomic mass is 16.5. The summed E-state index contributed by atoms with van der Waals surface area (Å²) in [6.07, 6.45) is 1.51. The van der Waals surface area contributed by atoms with Crippen LogP contribution in [-0.4, -0.2) is 44.3 Å². The summed E-state index contributed by atoms with van der Waals surface area (Å²) in [5.41, 5.74) is 1.19. The van der Waals surface area contributed by atoms with Crippen LogP contribution in [0.2, 0.25) is 0 Å². The van der Waals surface area contributed by atoms with Gasteiger partial charge >= 0.3 is 5.97 Å². The molecule has 1 aliphatic heterocycles. The number of esters is 1. The number of fused-ring (bicyclic) bond motifs is 1. The molecule has 0 fully saturated rings. The molecule has 0 N–H and O–H groups in total. The van der Waals surface area contributed by atoms with E-state index in [0.717, 1.165) is 4.90 Å². The first-order valence-electron chi connectivity index (χ1n) is 7.10. The van der Waals surface area contributed by atoms with E-state index in [2.05, 4.69) is 10.3 Å². The van der Waals surface area contributed by atoms with E-state index in [4.69, 9.17) is 4.74 Å². The van der Waals surface area contributed by atoms with Gasteiger partial charge < -0.3 is 4.74 Å². The zero-order valence-corrected chi connectivity index (χ0v) is 12.4. The molecular weight excluding hydrogens is 300 g/mol. The molecule has 8 nitrogen and oxygen atoms in total. The highest BCUT2D eigenvalue weighted by Gasteiger charge is 2.35. The number of rotatable bonds is 5. The Kier molecular flexibility index (Phi) is 3.88. The molecular formula is C15H14N4O4. The Morgan fingerprint density at radius 3 is 2.43 bits per heavy atom. The van der Waals surface area contributed by atoms with E-state index in [-0.39, 0.29) is 31.5 Å². The van der Waals surface area contributed by atoms with Gasteiger partial charge in [-0.25, -0.2) is 4.68 Å². The van der Waals surface area contributed by atoms with Crippen LogP contribution < -0.4 is 0 Å². The summed E-state index contributed by atoms with van der Waals surface area (Å²) in [5.74, 6) is -1.14. The average Bonchev–Trinajstić information content (AvgIpc) is 3.07. The largest absolute Gasteiger partial charge is 0.465 e. The van der Waals surface area contributed by atoms with Gasteiger partial charge in [0, 0.05) is 0 Å². The second-order valence-corrected chi connectivity index (χ2v) is 4.95. The number of aromatic nitrogens is 3. The summed E-state index contributed by atoms with van der Waals surface area (Å²) in [5, 5.41) is 7.68. The van der Waals surface area contributed by atoms with Crippen molar-refractivity contribution in [2.75, 3.05) is 6.61 Å². The Morgan fingerprint density at radius 2 is 1.83 bits per heavy atom. The fourth-order valence-electron chi connectivity index (χ4n) is 2.37. The zero-order valence-electron chi connectivity index (χ0n) is 12.4. The molecule has 0 bridgehead atoms. The summed E-state index contributed by atoms with van der Waals surface area (Å²) in [6.45, 7) is 1.94. The Hall–Kier alpha value is -3.03. The van der Waals surface area contributed by atoms with Crippen molar-refractivity contribution in [3.05, 3.63) is 47.3 Å². The number of carbonyl (C=O) groups is 3. The van der Waals surface area contributed by atoms with Crippen LogP contribution in [0.25, 0.3) is 0 Å². The predicted octanol–water partition coefficient (Wildman–Crippen LogP) is 0.637. The molecule has 23 heavy (non-hydrogen) atoms. The second-order valence-electron chi connectivity index (χ2n) is 4.95. The van der Waals surface area contributed by atoms with Crippen LogP contribution >= 0.6 is 0 Å². The van der Waals surface area contributed by atoms with Gasteiger partial charge in [-0.1, -0.05) is 17.3 Å². The fourth-order valence-corrected chi connectivity index (χ4v) is 2.37. The molecule has 0 spiro atoms. The van der Waals surface area contributed by atoms with Gasteiger partial charge in [0.05, 0.1) is 30.5 Å². The number of amides is 2. The minimum absolute atomic E-state index is 0.00910. The number of hydrogen-bond acceptors (Lipinski definition) is 6. The third-order valence-corrected chi connectivity index (χ3v) is 3.38. The molecule has 1 aromatic carbocycles. The van der Waals surface area contributed by atoms with Crippen molar-refractivity contribution in [2.24, 2.45) is 0 Å². The Labute approximate surface area is 131 Å². The summed E-state index contributed by atoms with van der Waals surface area (Å²) in [7, 11) is 0. The van der Waals surface area contributed by atoms with Gasteiger partial charge in [-0.05, 0) is 19.1 Å². The highest BCUT2D eigenvalue weighted by molar-refractivity contribution is 6.21. The van der Waals surface area contributed by atoms with Crippen LogP contribution in [0.15, 0.2) is 30.5 Å². The summed E-state index contributed by atoms with van der Waals surface area (Å²) < 4.78 is 6.13.